The Hall–Kier alpha value is -0.0600. The zero-order valence-electron chi connectivity index (χ0n) is 15.7. The van der Waals surface area contributed by atoms with E-state index in [1.54, 1.807) is 0 Å². The second kappa shape index (κ2) is 22.0. The molecule has 0 aromatic heterocycles. The minimum atomic E-state index is -0.955. The molecule has 0 fully saturated rings. The predicted molar refractivity (Wildman–Crippen MR) is 105 cm³/mol. The second-order valence-corrected chi connectivity index (χ2v) is 6.71. The Morgan fingerprint density at radius 2 is 1.08 bits per heavy atom. The van der Waals surface area contributed by atoms with E-state index in [1.807, 2.05) is 0 Å². The number of rotatable bonds is 18. The fourth-order valence-corrected chi connectivity index (χ4v) is 2.76. The van der Waals surface area contributed by atoms with Crippen molar-refractivity contribution in [3.8, 4) is 0 Å². The summed E-state index contributed by atoms with van der Waals surface area (Å²) in [7, 11) is 0. The van der Waals surface area contributed by atoms with Crippen LogP contribution in [0.15, 0.2) is 0 Å². The normalized spacial score (nSPS) is 10.3. The van der Waals surface area contributed by atoms with Gasteiger partial charge in [-0.3, -0.25) is 9.59 Å². The number of hydrogen-bond donors (Lipinski definition) is 1. The van der Waals surface area contributed by atoms with Crippen molar-refractivity contribution >= 4 is 41.5 Å². The van der Waals surface area contributed by atoms with Crippen LogP contribution < -0.4 is 0 Å². The molecule has 0 aromatic rings. The number of carbonyl (C=O) groups excluding carboxylic acids is 1. The van der Waals surface area contributed by atoms with Gasteiger partial charge in [-0.05, 0) is 6.42 Å². The maximum atomic E-state index is 11.2. The second-order valence-electron chi connectivity index (χ2n) is 6.71. The van der Waals surface area contributed by atoms with Gasteiger partial charge in [0.2, 0.25) is 0 Å². The van der Waals surface area contributed by atoms with Crippen molar-refractivity contribution < 1.29 is 19.4 Å². The Balaban J connectivity index is 0. The van der Waals surface area contributed by atoms with Crippen LogP contribution in [0.2, 0.25) is 0 Å². The molecule has 0 atom stereocenters. The molecule has 0 amide bonds. The van der Waals surface area contributed by atoms with Crippen LogP contribution in [0.1, 0.15) is 110 Å². The van der Waals surface area contributed by atoms with E-state index in [4.69, 9.17) is 9.84 Å². The van der Waals surface area contributed by atoms with Crippen LogP contribution in [0.3, 0.4) is 0 Å². The maximum absolute atomic E-state index is 11.2. The molecule has 1 N–H and O–H groups in total. The molecule has 0 radical (unpaired) electrons. The number of carboxylic acids is 1. The molecule has 144 valence electrons. The molecule has 0 aliphatic heterocycles. The van der Waals surface area contributed by atoms with Gasteiger partial charge in [0.25, 0.3) is 0 Å². The summed E-state index contributed by atoms with van der Waals surface area (Å²) in [6.07, 6.45) is 18.0. The van der Waals surface area contributed by atoms with Crippen molar-refractivity contribution in [2.75, 3.05) is 6.61 Å². The van der Waals surface area contributed by atoms with Gasteiger partial charge in [0.15, 0.2) is 0 Å². The molecule has 0 heterocycles. The van der Waals surface area contributed by atoms with Crippen LogP contribution >= 0.6 is 0 Å². The van der Waals surface area contributed by atoms with Crippen LogP contribution in [0.4, 0.5) is 0 Å². The first kappa shape index (κ1) is 27.2. The molecule has 0 saturated heterocycles. The van der Waals surface area contributed by atoms with E-state index in [9.17, 15) is 9.59 Å². The van der Waals surface area contributed by atoms with E-state index in [0.29, 0.717) is 6.61 Å². The van der Waals surface area contributed by atoms with Crippen LogP contribution in [-0.4, -0.2) is 53.2 Å². The summed E-state index contributed by atoms with van der Waals surface area (Å²) < 4.78 is 5.00. The van der Waals surface area contributed by atoms with Gasteiger partial charge in [-0.1, -0.05) is 90.4 Å². The Bertz CT molecular complexity index is 308. The van der Waals surface area contributed by atoms with Gasteiger partial charge >= 0.3 is 41.5 Å². The fourth-order valence-electron chi connectivity index (χ4n) is 2.76. The molecule has 0 aliphatic carbocycles. The number of esters is 1. The predicted octanol–water partition coefficient (Wildman–Crippen LogP) is 5.23. The summed E-state index contributed by atoms with van der Waals surface area (Å²) in [5.41, 5.74) is 0. The molecule has 0 aromatic carbocycles. The van der Waals surface area contributed by atoms with Crippen molar-refractivity contribution in [2.45, 2.75) is 110 Å². The van der Waals surface area contributed by atoms with Gasteiger partial charge in [0.1, 0.15) is 0 Å². The van der Waals surface area contributed by atoms with Crippen LogP contribution in [0.25, 0.3) is 0 Å². The summed E-state index contributed by atoms with van der Waals surface area (Å²) in [5.74, 6) is -1.35. The Kier molecular flexibility index (Phi) is 23.9. The summed E-state index contributed by atoms with van der Waals surface area (Å²) in [6.45, 7) is 2.69. The van der Waals surface area contributed by atoms with Gasteiger partial charge in [0, 0.05) is 0 Å². The first-order chi connectivity index (χ1) is 11.7. The Labute approximate surface area is 176 Å². The van der Waals surface area contributed by atoms with E-state index in [0.717, 1.165) is 12.8 Å². The molecule has 0 unspecified atom stereocenters. The van der Waals surface area contributed by atoms with Crippen molar-refractivity contribution in [3.63, 3.8) is 0 Å². The average Bonchev–Trinajstić information content (AvgIpc) is 2.56. The molecule has 4 nitrogen and oxygen atoms in total. The molecule has 0 bridgehead atoms. The molecular formula is C20H39NaO4. The number of carbonyl (C=O) groups is 2. The van der Waals surface area contributed by atoms with Crippen molar-refractivity contribution in [1.29, 1.82) is 0 Å². The van der Waals surface area contributed by atoms with Crippen LogP contribution in [-0.2, 0) is 14.3 Å². The third-order valence-electron chi connectivity index (χ3n) is 4.30. The molecule has 0 spiro atoms. The van der Waals surface area contributed by atoms with E-state index < -0.39 is 11.9 Å². The fraction of sp³-hybridized carbons (Fsp3) is 0.900. The van der Waals surface area contributed by atoms with Gasteiger partial charge in [-0.2, -0.15) is 0 Å². The monoisotopic (exact) mass is 366 g/mol. The van der Waals surface area contributed by atoms with E-state index in [1.165, 1.54) is 77.0 Å². The van der Waals surface area contributed by atoms with E-state index in [2.05, 4.69) is 6.92 Å². The summed E-state index contributed by atoms with van der Waals surface area (Å²) in [5, 5.41) is 8.46. The van der Waals surface area contributed by atoms with Gasteiger partial charge in [-0.15, -0.1) is 0 Å². The SMILES string of the molecule is CCCCCCCCCCCCCCCCOC(=O)CCC(=O)O.[NaH]. The third kappa shape index (κ3) is 23.9. The first-order valence-corrected chi connectivity index (χ1v) is 10.0. The summed E-state index contributed by atoms with van der Waals surface area (Å²) in [4.78, 5) is 21.5. The van der Waals surface area contributed by atoms with Crippen LogP contribution in [0.5, 0.6) is 0 Å². The summed E-state index contributed by atoms with van der Waals surface area (Å²) in [6, 6.07) is 0. The van der Waals surface area contributed by atoms with Crippen molar-refractivity contribution in [1.82, 2.24) is 0 Å². The van der Waals surface area contributed by atoms with E-state index >= 15 is 0 Å². The van der Waals surface area contributed by atoms with E-state index in [-0.39, 0.29) is 42.4 Å². The Morgan fingerprint density at radius 3 is 1.48 bits per heavy atom. The molecular weight excluding hydrogens is 327 g/mol. The van der Waals surface area contributed by atoms with Gasteiger partial charge in [-0.25, -0.2) is 0 Å². The zero-order valence-corrected chi connectivity index (χ0v) is 15.7. The van der Waals surface area contributed by atoms with Gasteiger partial charge < -0.3 is 9.84 Å². The molecule has 5 heteroatoms. The topological polar surface area (TPSA) is 63.6 Å². The van der Waals surface area contributed by atoms with Crippen molar-refractivity contribution in [2.24, 2.45) is 0 Å². The molecule has 0 aliphatic rings. The average molecular weight is 367 g/mol. The summed E-state index contributed by atoms with van der Waals surface area (Å²) >= 11 is 0. The zero-order chi connectivity index (χ0) is 17.9. The molecule has 25 heavy (non-hydrogen) atoms. The minimum absolute atomic E-state index is 0. The Morgan fingerprint density at radius 1 is 0.680 bits per heavy atom. The number of aliphatic carboxylic acids is 1. The van der Waals surface area contributed by atoms with Gasteiger partial charge in [0.05, 0.1) is 19.4 Å². The molecule has 0 rings (SSSR count). The standard InChI is InChI=1S/C20H38O4.Na.H/c1-2-3-4-5-6-7-8-9-10-11-12-13-14-15-18-24-20(23)17-16-19(21)22;;/h2-18H2,1H3,(H,21,22);;. The van der Waals surface area contributed by atoms with Crippen LogP contribution in [0, 0.1) is 0 Å². The number of unbranched alkanes of at least 4 members (excludes halogenated alkanes) is 13. The number of hydrogen-bond acceptors (Lipinski definition) is 3. The third-order valence-corrected chi connectivity index (χ3v) is 4.30. The first-order valence-electron chi connectivity index (χ1n) is 10.0. The molecule has 0 saturated carbocycles. The number of ether oxygens (including phenoxy) is 1. The quantitative estimate of drug-likeness (QED) is 0.205. The van der Waals surface area contributed by atoms with Crippen molar-refractivity contribution in [3.05, 3.63) is 0 Å². The number of carboxylic acid groups (broad SMARTS) is 1.